The summed E-state index contributed by atoms with van der Waals surface area (Å²) >= 11 is 0. The lowest BCUT2D eigenvalue weighted by Gasteiger charge is -2.27. The predicted molar refractivity (Wildman–Crippen MR) is 113 cm³/mol. The molecule has 1 aliphatic rings. The van der Waals surface area contributed by atoms with Gasteiger partial charge in [-0.1, -0.05) is 26.2 Å². The number of benzene rings is 1. The van der Waals surface area contributed by atoms with Crippen molar-refractivity contribution in [2.45, 2.75) is 39.5 Å². The zero-order chi connectivity index (χ0) is 22.3. The number of unbranched alkanes of at least 4 members (excludes halogenated alkanes) is 3. The monoisotopic (exact) mass is 412 g/mol. The Balaban J connectivity index is 2.51. The molecule has 0 unspecified atom stereocenters. The highest BCUT2D eigenvalue weighted by molar-refractivity contribution is 6.19. The Morgan fingerprint density at radius 3 is 2.13 bits per heavy atom. The third kappa shape index (κ3) is 4.65. The average Bonchev–Trinajstić information content (AvgIpc) is 2.75. The highest BCUT2D eigenvalue weighted by Crippen LogP contribution is 2.39. The van der Waals surface area contributed by atoms with Crippen LogP contribution in [0, 0.1) is 11.3 Å². The molecule has 0 bridgehead atoms. The van der Waals surface area contributed by atoms with Gasteiger partial charge in [-0.15, -0.1) is 0 Å². The first kappa shape index (κ1) is 23.0. The number of ether oxygens (including phenoxy) is 3. The van der Waals surface area contributed by atoms with Gasteiger partial charge in [0.25, 0.3) is 11.8 Å². The molecule has 1 heterocycles. The maximum Gasteiger partial charge on any atom is 0.271 e. The van der Waals surface area contributed by atoms with Crippen LogP contribution in [0.15, 0.2) is 28.9 Å². The van der Waals surface area contributed by atoms with Crippen LogP contribution in [0.4, 0.5) is 0 Å². The van der Waals surface area contributed by atoms with Crippen molar-refractivity contribution in [3.8, 4) is 23.3 Å². The molecular weight excluding hydrogens is 384 g/mol. The SMILES string of the molecule is CCCCCCN1C(=O)C(C#N)=C(C)/C(=C\c2cc(OC)c(OC)c(OC)c2)C1=O. The second-order valence-electron chi connectivity index (χ2n) is 6.95. The van der Waals surface area contributed by atoms with Crippen molar-refractivity contribution >= 4 is 17.9 Å². The zero-order valence-electron chi connectivity index (χ0n) is 18.2. The smallest absolute Gasteiger partial charge is 0.271 e. The minimum atomic E-state index is -0.529. The van der Waals surface area contributed by atoms with Crippen molar-refractivity contribution in [2.75, 3.05) is 27.9 Å². The highest BCUT2D eigenvalue weighted by Gasteiger charge is 2.35. The van der Waals surface area contributed by atoms with Crippen LogP contribution in [-0.2, 0) is 9.59 Å². The number of carbonyl (C=O) groups is 2. The molecule has 0 radical (unpaired) electrons. The molecule has 0 spiro atoms. The summed E-state index contributed by atoms with van der Waals surface area (Å²) in [5.74, 6) is 0.401. The molecule has 0 N–H and O–H groups in total. The standard InChI is InChI=1S/C23H28N2O5/c1-6-7-8-9-10-25-22(26)17(15(2)18(14-24)23(25)27)11-16-12-19(28-3)21(30-5)20(13-16)29-4/h11-13H,6-10H2,1-5H3/b17-11+. The Hall–Kier alpha value is -3.27. The molecule has 0 fully saturated rings. The van der Waals surface area contributed by atoms with E-state index in [0.29, 0.717) is 46.9 Å². The number of amides is 2. The molecule has 30 heavy (non-hydrogen) atoms. The average molecular weight is 412 g/mol. The topological polar surface area (TPSA) is 88.9 Å². The van der Waals surface area contributed by atoms with Crippen LogP contribution in [0.5, 0.6) is 17.2 Å². The first-order chi connectivity index (χ1) is 14.4. The van der Waals surface area contributed by atoms with Gasteiger partial charge in [0.05, 0.1) is 21.3 Å². The van der Waals surface area contributed by atoms with E-state index < -0.39 is 11.8 Å². The lowest BCUT2D eigenvalue weighted by atomic mass is 9.93. The minimum absolute atomic E-state index is 0.0104. The van der Waals surface area contributed by atoms with Gasteiger partial charge in [0, 0.05) is 12.1 Å². The van der Waals surface area contributed by atoms with E-state index in [9.17, 15) is 14.9 Å². The second-order valence-corrected chi connectivity index (χ2v) is 6.95. The maximum atomic E-state index is 13.1. The summed E-state index contributed by atoms with van der Waals surface area (Å²) in [6, 6.07) is 5.38. The number of nitrogens with zero attached hydrogens (tertiary/aromatic N) is 2. The number of imide groups is 1. The summed E-state index contributed by atoms with van der Waals surface area (Å²) in [4.78, 5) is 27.0. The summed E-state index contributed by atoms with van der Waals surface area (Å²) in [7, 11) is 4.53. The zero-order valence-corrected chi connectivity index (χ0v) is 18.2. The lowest BCUT2D eigenvalue weighted by molar-refractivity contribution is -0.140. The van der Waals surface area contributed by atoms with Crippen LogP contribution in [0.2, 0.25) is 0 Å². The lowest BCUT2D eigenvalue weighted by Crippen LogP contribution is -2.43. The first-order valence-corrected chi connectivity index (χ1v) is 9.92. The van der Waals surface area contributed by atoms with Gasteiger partial charge in [0.2, 0.25) is 5.75 Å². The van der Waals surface area contributed by atoms with E-state index >= 15 is 0 Å². The van der Waals surface area contributed by atoms with Crippen LogP contribution in [0.3, 0.4) is 0 Å². The molecule has 0 aliphatic carbocycles. The Labute approximate surface area is 177 Å². The van der Waals surface area contributed by atoms with Crippen molar-refractivity contribution in [2.24, 2.45) is 0 Å². The van der Waals surface area contributed by atoms with Crippen molar-refractivity contribution < 1.29 is 23.8 Å². The van der Waals surface area contributed by atoms with Gasteiger partial charge >= 0.3 is 0 Å². The van der Waals surface area contributed by atoms with E-state index in [1.165, 1.54) is 26.2 Å². The fourth-order valence-corrected chi connectivity index (χ4v) is 3.38. The van der Waals surface area contributed by atoms with Crippen molar-refractivity contribution in [1.82, 2.24) is 4.90 Å². The molecule has 0 saturated carbocycles. The van der Waals surface area contributed by atoms with E-state index in [1.54, 1.807) is 25.1 Å². The number of hydrogen-bond acceptors (Lipinski definition) is 6. The fourth-order valence-electron chi connectivity index (χ4n) is 3.38. The van der Waals surface area contributed by atoms with Crippen molar-refractivity contribution in [3.63, 3.8) is 0 Å². The molecule has 160 valence electrons. The van der Waals surface area contributed by atoms with Crippen LogP contribution in [0.25, 0.3) is 6.08 Å². The highest BCUT2D eigenvalue weighted by atomic mass is 16.5. The van der Waals surface area contributed by atoms with Crippen LogP contribution in [-0.4, -0.2) is 44.6 Å². The summed E-state index contributed by atoms with van der Waals surface area (Å²) in [6.07, 6.45) is 5.36. The van der Waals surface area contributed by atoms with Crippen molar-refractivity contribution in [1.29, 1.82) is 5.26 Å². The maximum absolute atomic E-state index is 13.1. The van der Waals surface area contributed by atoms with E-state index in [1.807, 2.05) is 6.07 Å². The largest absolute Gasteiger partial charge is 0.493 e. The normalized spacial score (nSPS) is 15.5. The van der Waals surface area contributed by atoms with E-state index in [4.69, 9.17) is 14.2 Å². The number of carbonyl (C=O) groups excluding carboxylic acids is 2. The summed E-state index contributed by atoms with van der Waals surface area (Å²) < 4.78 is 16.1. The van der Waals surface area contributed by atoms with Crippen LogP contribution >= 0.6 is 0 Å². The predicted octanol–water partition coefficient (Wildman–Crippen LogP) is 3.88. The molecule has 2 amide bonds. The molecule has 0 atom stereocenters. The fraction of sp³-hybridized carbons (Fsp3) is 0.435. The van der Waals surface area contributed by atoms with Gasteiger partial charge in [-0.25, -0.2) is 0 Å². The van der Waals surface area contributed by atoms with Gasteiger partial charge in [-0.2, -0.15) is 5.26 Å². The number of methoxy groups -OCH3 is 3. The molecule has 0 saturated heterocycles. The molecule has 2 rings (SSSR count). The minimum Gasteiger partial charge on any atom is -0.493 e. The van der Waals surface area contributed by atoms with E-state index in [2.05, 4.69) is 6.92 Å². The number of rotatable bonds is 9. The molecule has 0 aromatic heterocycles. The first-order valence-electron chi connectivity index (χ1n) is 9.92. The molecule has 7 heteroatoms. The summed E-state index contributed by atoms with van der Waals surface area (Å²) in [5, 5.41) is 9.51. The summed E-state index contributed by atoms with van der Waals surface area (Å²) in [5.41, 5.74) is 1.29. The van der Waals surface area contributed by atoms with Gasteiger partial charge in [0.15, 0.2) is 11.5 Å². The second kappa shape index (κ2) is 10.5. The van der Waals surface area contributed by atoms with Gasteiger partial charge in [-0.05, 0) is 42.7 Å². The van der Waals surface area contributed by atoms with E-state index in [-0.39, 0.29) is 5.57 Å². The molecule has 7 nitrogen and oxygen atoms in total. The number of nitriles is 1. The van der Waals surface area contributed by atoms with Gasteiger partial charge < -0.3 is 14.2 Å². The van der Waals surface area contributed by atoms with Crippen molar-refractivity contribution in [3.05, 3.63) is 34.4 Å². The third-order valence-corrected chi connectivity index (χ3v) is 5.06. The molecule has 1 aromatic carbocycles. The Kier molecular flexibility index (Phi) is 8.05. The molecule has 1 aromatic rings. The summed E-state index contributed by atoms with van der Waals surface area (Å²) in [6.45, 7) is 4.00. The van der Waals surface area contributed by atoms with Crippen LogP contribution in [0.1, 0.15) is 45.1 Å². The third-order valence-electron chi connectivity index (χ3n) is 5.06. The number of hydrogen-bond donors (Lipinski definition) is 0. The Bertz CT molecular complexity index is 899. The van der Waals surface area contributed by atoms with Crippen LogP contribution < -0.4 is 14.2 Å². The molecule has 1 aliphatic heterocycles. The van der Waals surface area contributed by atoms with Gasteiger partial charge in [0.1, 0.15) is 11.6 Å². The van der Waals surface area contributed by atoms with E-state index in [0.717, 1.165) is 19.3 Å². The van der Waals surface area contributed by atoms with Gasteiger partial charge in [-0.3, -0.25) is 14.5 Å². The quantitative estimate of drug-likeness (QED) is 0.347. The Morgan fingerprint density at radius 1 is 1.00 bits per heavy atom. The molecular formula is C23H28N2O5. The Morgan fingerprint density at radius 2 is 1.63 bits per heavy atom.